The zero-order chi connectivity index (χ0) is 21.5. The van der Waals surface area contributed by atoms with E-state index in [1.54, 1.807) is 36.4 Å². The van der Waals surface area contributed by atoms with Crippen molar-refractivity contribution in [3.05, 3.63) is 64.9 Å². The average Bonchev–Trinajstić information content (AvgIpc) is 3.13. The fourth-order valence-electron chi connectivity index (χ4n) is 2.68. The van der Waals surface area contributed by atoms with Gasteiger partial charge in [-0.15, -0.1) is 10.2 Å². The van der Waals surface area contributed by atoms with E-state index < -0.39 is 5.91 Å². The molecule has 0 fully saturated rings. The number of primary amides is 1. The predicted octanol–water partition coefficient (Wildman–Crippen LogP) is 3.36. The van der Waals surface area contributed by atoms with E-state index >= 15 is 0 Å². The molecule has 0 aliphatic rings. The normalized spacial score (nSPS) is 10.6. The Morgan fingerprint density at radius 2 is 1.90 bits per heavy atom. The van der Waals surface area contributed by atoms with Crippen LogP contribution in [0.5, 0.6) is 5.75 Å². The molecule has 0 spiro atoms. The van der Waals surface area contributed by atoms with Gasteiger partial charge < -0.3 is 20.4 Å². The molecule has 0 saturated heterocycles. The molecule has 0 aliphatic carbocycles. The summed E-state index contributed by atoms with van der Waals surface area (Å²) in [4.78, 5) is 23.8. The van der Waals surface area contributed by atoms with Crippen molar-refractivity contribution in [1.29, 1.82) is 0 Å². The number of amides is 2. The number of nitrogens with two attached hydrogens (primary N) is 1. The van der Waals surface area contributed by atoms with Crippen LogP contribution in [0.25, 0.3) is 0 Å². The van der Waals surface area contributed by atoms with Crippen LogP contribution in [0, 0.1) is 0 Å². The van der Waals surface area contributed by atoms with Gasteiger partial charge in [-0.25, -0.2) is 0 Å². The second kappa shape index (κ2) is 10.1. The van der Waals surface area contributed by atoms with E-state index in [0.717, 1.165) is 0 Å². The number of nitrogens with one attached hydrogen (secondary N) is 1. The Morgan fingerprint density at radius 1 is 1.17 bits per heavy atom. The fraction of sp³-hybridized carbons (Fsp3) is 0.200. The standard InChI is InChI=1S/C20H20ClN5O3S/c1-2-26-17(11-29-16-10-6-4-8-14(16)21)24-25-20(26)30-12-18(27)23-15-9-5-3-7-13(15)19(22)28/h3-10H,2,11-12H2,1H3,(H2,22,28)(H,23,27). The van der Waals surface area contributed by atoms with E-state index in [2.05, 4.69) is 15.5 Å². The van der Waals surface area contributed by atoms with Gasteiger partial charge in [-0.2, -0.15) is 0 Å². The lowest BCUT2D eigenvalue weighted by Gasteiger charge is -2.10. The first-order valence-corrected chi connectivity index (χ1v) is 10.5. The van der Waals surface area contributed by atoms with Gasteiger partial charge in [-0.1, -0.05) is 47.6 Å². The summed E-state index contributed by atoms with van der Waals surface area (Å²) in [6.07, 6.45) is 0. The Kier molecular flexibility index (Phi) is 7.31. The van der Waals surface area contributed by atoms with Crippen molar-refractivity contribution in [3.63, 3.8) is 0 Å². The summed E-state index contributed by atoms with van der Waals surface area (Å²) >= 11 is 7.34. The third-order valence-electron chi connectivity index (χ3n) is 4.10. The molecule has 2 aromatic carbocycles. The number of rotatable bonds is 9. The van der Waals surface area contributed by atoms with Crippen molar-refractivity contribution < 1.29 is 14.3 Å². The maximum Gasteiger partial charge on any atom is 0.250 e. The number of carbonyl (C=O) groups is 2. The van der Waals surface area contributed by atoms with Crippen molar-refractivity contribution in [3.8, 4) is 5.75 Å². The molecule has 3 rings (SSSR count). The fourth-order valence-corrected chi connectivity index (χ4v) is 3.69. The van der Waals surface area contributed by atoms with E-state index in [4.69, 9.17) is 22.1 Å². The van der Waals surface area contributed by atoms with E-state index in [0.29, 0.717) is 34.0 Å². The van der Waals surface area contributed by atoms with Crippen molar-refractivity contribution in [2.24, 2.45) is 5.73 Å². The van der Waals surface area contributed by atoms with Gasteiger partial charge in [0, 0.05) is 6.54 Å². The van der Waals surface area contributed by atoms with E-state index in [1.165, 1.54) is 11.8 Å². The van der Waals surface area contributed by atoms with Gasteiger partial charge in [0.05, 0.1) is 22.0 Å². The van der Waals surface area contributed by atoms with Gasteiger partial charge in [-0.3, -0.25) is 9.59 Å². The van der Waals surface area contributed by atoms with Crippen LogP contribution in [0.4, 0.5) is 5.69 Å². The molecule has 1 aromatic heterocycles. The molecule has 2 amide bonds. The number of benzene rings is 2. The Bertz CT molecular complexity index is 1060. The third kappa shape index (κ3) is 5.31. The van der Waals surface area contributed by atoms with Gasteiger partial charge in [0.15, 0.2) is 11.0 Å². The third-order valence-corrected chi connectivity index (χ3v) is 5.38. The maximum absolute atomic E-state index is 12.3. The summed E-state index contributed by atoms with van der Waals surface area (Å²) in [5, 5.41) is 12.1. The summed E-state index contributed by atoms with van der Waals surface area (Å²) in [6.45, 7) is 2.77. The molecule has 0 unspecified atom stereocenters. The van der Waals surface area contributed by atoms with Crippen LogP contribution in [-0.4, -0.2) is 32.3 Å². The van der Waals surface area contributed by atoms with Crippen LogP contribution in [0.2, 0.25) is 5.02 Å². The molecule has 0 saturated carbocycles. The number of hydrogen-bond donors (Lipinski definition) is 2. The molecule has 1 heterocycles. The maximum atomic E-state index is 12.3. The lowest BCUT2D eigenvalue weighted by Crippen LogP contribution is -2.19. The minimum atomic E-state index is -0.604. The topological polar surface area (TPSA) is 112 Å². The SMILES string of the molecule is CCn1c(COc2ccccc2Cl)nnc1SCC(=O)Nc1ccccc1C(N)=O. The van der Waals surface area contributed by atoms with Crippen LogP contribution < -0.4 is 15.8 Å². The van der Waals surface area contributed by atoms with Gasteiger partial charge in [-0.05, 0) is 31.2 Å². The van der Waals surface area contributed by atoms with Gasteiger partial charge in [0.2, 0.25) is 5.91 Å². The first-order chi connectivity index (χ1) is 14.5. The number of para-hydroxylation sites is 2. The monoisotopic (exact) mass is 445 g/mol. The zero-order valence-corrected chi connectivity index (χ0v) is 17.7. The van der Waals surface area contributed by atoms with Crippen LogP contribution in [0.1, 0.15) is 23.1 Å². The molecule has 156 valence electrons. The van der Waals surface area contributed by atoms with Crippen LogP contribution in [0.15, 0.2) is 53.7 Å². The Hall–Kier alpha value is -3.04. The molecule has 10 heteroatoms. The molecule has 0 radical (unpaired) electrons. The molecular weight excluding hydrogens is 426 g/mol. The van der Waals surface area contributed by atoms with E-state index in [-0.39, 0.29) is 23.8 Å². The first-order valence-electron chi connectivity index (χ1n) is 9.10. The van der Waals surface area contributed by atoms with E-state index in [1.807, 2.05) is 23.6 Å². The summed E-state index contributed by atoms with van der Waals surface area (Å²) < 4.78 is 7.60. The van der Waals surface area contributed by atoms with E-state index in [9.17, 15) is 9.59 Å². The molecule has 0 atom stereocenters. The van der Waals surface area contributed by atoms with Crippen LogP contribution in [-0.2, 0) is 17.9 Å². The lowest BCUT2D eigenvalue weighted by molar-refractivity contribution is -0.113. The second-order valence-corrected chi connectivity index (χ2v) is 7.46. The highest BCUT2D eigenvalue weighted by Gasteiger charge is 2.15. The molecule has 0 bridgehead atoms. The number of nitrogens with zero attached hydrogens (tertiary/aromatic N) is 3. The van der Waals surface area contributed by atoms with Gasteiger partial charge >= 0.3 is 0 Å². The number of ether oxygens (including phenoxy) is 1. The number of thioether (sulfide) groups is 1. The highest BCUT2D eigenvalue weighted by molar-refractivity contribution is 7.99. The first kappa shape index (κ1) is 21.7. The lowest BCUT2D eigenvalue weighted by atomic mass is 10.1. The number of carbonyl (C=O) groups excluding carboxylic acids is 2. The zero-order valence-electron chi connectivity index (χ0n) is 16.2. The number of hydrogen-bond acceptors (Lipinski definition) is 6. The van der Waals surface area contributed by atoms with Crippen molar-refractivity contribution >= 4 is 40.9 Å². The molecule has 3 N–H and O–H groups in total. The largest absolute Gasteiger partial charge is 0.484 e. The summed E-state index contributed by atoms with van der Waals surface area (Å²) in [5.41, 5.74) is 5.97. The van der Waals surface area contributed by atoms with Crippen molar-refractivity contribution in [2.75, 3.05) is 11.1 Å². The van der Waals surface area contributed by atoms with Crippen LogP contribution >= 0.6 is 23.4 Å². The molecule has 3 aromatic rings. The van der Waals surface area contributed by atoms with Crippen molar-refractivity contribution in [2.45, 2.75) is 25.2 Å². The summed E-state index contributed by atoms with van der Waals surface area (Å²) in [5.74, 6) is 0.392. The Labute approximate surface area is 182 Å². The molecule has 30 heavy (non-hydrogen) atoms. The molecule has 0 aliphatic heterocycles. The number of anilines is 1. The molecule has 8 nitrogen and oxygen atoms in total. The minimum Gasteiger partial charge on any atom is -0.484 e. The quantitative estimate of drug-likeness (QED) is 0.488. The highest BCUT2D eigenvalue weighted by Crippen LogP contribution is 2.25. The summed E-state index contributed by atoms with van der Waals surface area (Å²) in [7, 11) is 0. The number of aromatic nitrogens is 3. The van der Waals surface area contributed by atoms with Gasteiger partial charge in [0.25, 0.3) is 5.91 Å². The average molecular weight is 446 g/mol. The van der Waals surface area contributed by atoms with Gasteiger partial charge in [0.1, 0.15) is 12.4 Å². The predicted molar refractivity (Wildman–Crippen MR) is 116 cm³/mol. The molecular formula is C20H20ClN5O3S. The minimum absolute atomic E-state index is 0.0938. The highest BCUT2D eigenvalue weighted by atomic mass is 35.5. The smallest absolute Gasteiger partial charge is 0.250 e. The summed E-state index contributed by atoms with van der Waals surface area (Å²) in [6, 6.07) is 13.8. The number of halogens is 1. The Morgan fingerprint density at radius 3 is 2.63 bits per heavy atom. The second-order valence-electron chi connectivity index (χ2n) is 6.11. The van der Waals surface area contributed by atoms with Crippen LogP contribution in [0.3, 0.4) is 0 Å². The van der Waals surface area contributed by atoms with Crippen molar-refractivity contribution in [1.82, 2.24) is 14.8 Å². The Balaban J connectivity index is 1.61.